The highest BCUT2D eigenvalue weighted by Crippen LogP contribution is 2.18. The predicted molar refractivity (Wildman–Crippen MR) is 88.0 cm³/mol. The number of nitrogens with zero attached hydrogens (tertiary/aromatic N) is 2. The van der Waals surface area contributed by atoms with Crippen LogP contribution in [0.3, 0.4) is 0 Å². The number of piperidine rings is 1. The van der Waals surface area contributed by atoms with Crippen LogP contribution in [-0.4, -0.2) is 47.8 Å². The number of benzene rings is 1. The average molecular weight is 302 g/mol. The van der Waals surface area contributed by atoms with Crippen molar-refractivity contribution < 1.29 is 9.59 Å². The van der Waals surface area contributed by atoms with E-state index in [0.29, 0.717) is 30.1 Å². The maximum atomic E-state index is 12.5. The van der Waals surface area contributed by atoms with Gasteiger partial charge in [0.1, 0.15) is 0 Å². The highest BCUT2D eigenvalue weighted by atomic mass is 16.2. The normalized spacial score (nSPS) is 18.1. The Morgan fingerprint density at radius 3 is 2.27 bits per heavy atom. The van der Waals surface area contributed by atoms with Gasteiger partial charge in [0.05, 0.1) is 0 Å². The lowest BCUT2D eigenvalue weighted by Gasteiger charge is -2.31. The van der Waals surface area contributed by atoms with E-state index >= 15 is 0 Å². The minimum Gasteiger partial charge on any atom is -0.339 e. The van der Waals surface area contributed by atoms with Gasteiger partial charge in [-0.1, -0.05) is 6.92 Å². The lowest BCUT2D eigenvalue weighted by atomic mass is 9.99. The minimum absolute atomic E-state index is 0.0237. The van der Waals surface area contributed by atoms with Crippen LogP contribution in [0.25, 0.3) is 0 Å². The van der Waals surface area contributed by atoms with Crippen molar-refractivity contribution in [2.45, 2.75) is 33.6 Å². The van der Waals surface area contributed by atoms with Gasteiger partial charge in [-0.15, -0.1) is 0 Å². The molecule has 0 aliphatic carbocycles. The topological polar surface area (TPSA) is 40.6 Å². The summed E-state index contributed by atoms with van der Waals surface area (Å²) in [5, 5.41) is 0. The fourth-order valence-corrected chi connectivity index (χ4v) is 3.01. The Hall–Kier alpha value is -1.84. The Kier molecular flexibility index (Phi) is 5.58. The van der Waals surface area contributed by atoms with Crippen LogP contribution in [0.5, 0.6) is 0 Å². The zero-order valence-electron chi connectivity index (χ0n) is 13.8. The largest absolute Gasteiger partial charge is 0.339 e. The van der Waals surface area contributed by atoms with Gasteiger partial charge in [0.25, 0.3) is 11.8 Å². The molecule has 1 unspecified atom stereocenters. The van der Waals surface area contributed by atoms with E-state index < -0.39 is 0 Å². The van der Waals surface area contributed by atoms with Crippen LogP contribution in [0.2, 0.25) is 0 Å². The molecule has 2 rings (SSSR count). The monoisotopic (exact) mass is 302 g/mol. The third kappa shape index (κ3) is 3.67. The Labute approximate surface area is 133 Å². The quantitative estimate of drug-likeness (QED) is 0.857. The first-order valence-electron chi connectivity index (χ1n) is 8.25. The summed E-state index contributed by atoms with van der Waals surface area (Å²) in [5.41, 5.74) is 1.32. The Bertz CT molecular complexity index is 520. The van der Waals surface area contributed by atoms with Gasteiger partial charge < -0.3 is 9.80 Å². The van der Waals surface area contributed by atoms with Gasteiger partial charge in [-0.05, 0) is 56.9 Å². The van der Waals surface area contributed by atoms with Crippen LogP contribution in [-0.2, 0) is 0 Å². The first kappa shape index (κ1) is 16.5. The second-order valence-electron chi connectivity index (χ2n) is 6.05. The van der Waals surface area contributed by atoms with Crippen molar-refractivity contribution >= 4 is 11.8 Å². The fraction of sp³-hybridized carbons (Fsp3) is 0.556. The van der Waals surface area contributed by atoms with Crippen molar-refractivity contribution in [1.82, 2.24) is 9.80 Å². The van der Waals surface area contributed by atoms with Crippen molar-refractivity contribution in [3.8, 4) is 0 Å². The van der Waals surface area contributed by atoms with Crippen molar-refractivity contribution in [3.63, 3.8) is 0 Å². The molecule has 2 amide bonds. The third-order valence-electron chi connectivity index (χ3n) is 4.37. The van der Waals surface area contributed by atoms with E-state index in [0.717, 1.165) is 19.5 Å². The molecule has 4 heteroatoms. The van der Waals surface area contributed by atoms with Gasteiger partial charge in [-0.2, -0.15) is 0 Å². The molecule has 0 aromatic heterocycles. The molecule has 1 fully saturated rings. The summed E-state index contributed by atoms with van der Waals surface area (Å²) < 4.78 is 0. The SMILES string of the molecule is CCN(CC)C(=O)c1ccc(C(=O)N2CCCC(C)C2)cc1. The van der Waals surface area contributed by atoms with Crippen LogP contribution < -0.4 is 0 Å². The smallest absolute Gasteiger partial charge is 0.253 e. The molecule has 120 valence electrons. The molecule has 1 aromatic carbocycles. The van der Waals surface area contributed by atoms with E-state index in [-0.39, 0.29) is 11.8 Å². The zero-order chi connectivity index (χ0) is 16.1. The molecule has 1 heterocycles. The summed E-state index contributed by atoms with van der Waals surface area (Å²) in [5.74, 6) is 0.671. The molecular weight excluding hydrogens is 276 g/mol. The number of amides is 2. The number of hydrogen-bond donors (Lipinski definition) is 0. The Morgan fingerprint density at radius 2 is 1.73 bits per heavy atom. The molecule has 1 aromatic rings. The predicted octanol–water partition coefficient (Wildman–Crippen LogP) is 3.04. The van der Waals surface area contributed by atoms with E-state index in [2.05, 4.69) is 6.92 Å². The highest BCUT2D eigenvalue weighted by Gasteiger charge is 2.22. The number of hydrogen-bond acceptors (Lipinski definition) is 2. The summed E-state index contributed by atoms with van der Waals surface area (Å²) in [6.45, 7) is 9.19. The lowest BCUT2D eigenvalue weighted by molar-refractivity contribution is 0.0681. The Balaban J connectivity index is 2.08. The highest BCUT2D eigenvalue weighted by molar-refractivity contribution is 5.97. The first-order valence-corrected chi connectivity index (χ1v) is 8.25. The minimum atomic E-state index is 0.0237. The van der Waals surface area contributed by atoms with Gasteiger partial charge in [-0.3, -0.25) is 9.59 Å². The van der Waals surface area contributed by atoms with Gasteiger partial charge in [0.2, 0.25) is 0 Å². The molecule has 1 atom stereocenters. The maximum Gasteiger partial charge on any atom is 0.253 e. The molecule has 22 heavy (non-hydrogen) atoms. The summed E-state index contributed by atoms with van der Waals surface area (Å²) >= 11 is 0. The molecule has 1 aliphatic heterocycles. The molecule has 1 aliphatic rings. The molecule has 4 nitrogen and oxygen atoms in total. The molecule has 0 bridgehead atoms. The molecule has 1 saturated heterocycles. The van der Waals surface area contributed by atoms with Gasteiger partial charge in [0, 0.05) is 37.3 Å². The molecular formula is C18H26N2O2. The van der Waals surface area contributed by atoms with Crippen LogP contribution in [0.15, 0.2) is 24.3 Å². The standard InChI is InChI=1S/C18H26N2O2/c1-4-19(5-2)17(21)15-8-10-16(11-9-15)18(22)20-12-6-7-14(3)13-20/h8-11,14H,4-7,12-13H2,1-3H3. The van der Waals surface area contributed by atoms with Crippen LogP contribution >= 0.6 is 0 Å². The van der Waals surface area contributed by atoms with Crippen molar-refractivity contribution in [2.75, 3.05) is 26.2 Å². The summed E-state index contributed by atoms with van der Waals surface area (Å²) in [7, 11) is 0. The number of carbonyl (C=O) groups excluding carboxylic acids is 2. The van der Waals surface area contributed by atoms with Gasteiger partial charge >= 0.3 is 0 Å². The second-order valence-corrected chi connectivity index (χ2v) is 6.05. The zero-order valence-corrected chi connectivity index (χ0v) is 13.8. The molecule has 0 radical (unpaired) electrons. The fourth-order valence-electron chi connectivity index (χ4n) is 3.01. The van der Waals surface area contributed by atoms with Crippen molar-refractivity contribution in [1.29, 1.82) is 0 Å². The first-order chi connectivity index (χ1) is 10.6. The summed E-state index contributed by atoms with van der Waals surface area (Å²) in [4.78, 5) is 28.5. The number of rotatable bonds is 4. The second kappa shape index (κ2) is 7.43. The number of carbonyl (C=O) groups is 2. The van der Waals surface area contributed by atoms with Crippen LogP contribution in [0.1, 0.15) is 54.3 Å². The van der Waals surface area contributed by atoms with Gasteiger partial charge in [-0.25, -0.2) is 0 Å². The molecule has 0 N–H and O–H groups in total. The summed E-state index contributed by atoms with van der Waals surface area (Å²) in [6.07, 6.45) is 2.27. The third-order valence-corrected chi connectivity index (χ3v) is 4.37. The van der Waals surface area contributed by atoms with E-state index in [1.165, 1.54) is 6.42 Å². The Morgan fingerprint density at radius 1 is 1.14 bits per heavy atom. The summed E-state index contributed by atoms with van der Waals surface area (Å²) in [6, 6.07) is 7.08. The maximum absolute atomic E-state index is 12.5. The molecule has 0 saturated carbocycles. The van der Waals surface area contributed by atoms with E-state index in [4.69, 9.17) is 0 Å². The van der Waals surface area contributed by atoms with Gasteiger partial charge in [0.15, 0.2) is 0 Å². The van der Waals surface area contributed by atoms with Crippen molar-refractivity contribution in [2.24, 2.45) is 5.92 Å². The van der Waals surface area contributed by atoms with E-state index in [1.807, 2.05) is 18.7 Å². The van der Waals surface area contributed by atoms with E-state index in [9.17, 15) is 9.59 Å². The van der Waals surface area contributed by atoms with E-state index in [1.54, 1.807) is 29.2 Å². The van der Waals surface area contributed by atoms with Crippen LogP contribution in [0.4, 0.5) is 0 Å². The number of likely N-dealkylation sites (tertiary alicyclic amines) is 1. The van der Waals surface area contributed by atoms with Crippen LogP contribution in [0, 0.1) is 5.92 Å². The lowest BCUT2D eigenvalue weighted by Crippen LogP contribution is -2.39. The average Bonchev–Trinajstić information content (AvgIpc) is 2.55. The molecule has 0 spiro atoms. The van der Waals surface area contributed by atoms with Crippen molar-refractivity contribution in [3.05, 3.63) is 35.4 Å².